The van der Waals surface area contributed by atoms with Gasteiger partial charge in [-0.2, -0.15) is 0 Å². The van der Waals surface area contributed by atoms with Gasteiger partial charge < -0.3 is 29.7 Å². The molecule has 80 heavy (non-hydrogen) atoms. The number of hydrogen-bond acceptors (Lipinski definition) is 12. The zero-order chi connectivity index (χ0) is 56.2. The van der Waals surface area contributed by atoms with Crippen LogP contribution in [0.25, 0.3) is 0 Å². The molecule has 5 heterocycles. The number of para-hydroxylation sites is 2. The van der Waals surface area contributed by atoms with Crippen molar-refractivity contribution < 1.29 is 52.6 Å². The molecule has 0 unspecified atom stereocenters. The van der Waals surface area contributed by atoms with Crippen molar-refractivity contribution in [1.82, 2.24) is 10.2 Å². The fourth-order valence-electron chi connectivity index (χ4n) is 11.3. The van der Waals surface area contributed by atoms with E-state index in [1.165, 1.54) is 24.8 Å². The number of nitrogens with one attached hydrogen (secondary N) is 2. The lowest BCUT2D eigenvalue weighted by Gasteiger charge is -2.23. The van der Waals surface area contributed by atoms with Gasteiger partial charge in [-0.1, -0.05) is 43.3 Å². The van der Waals surface area contributed by atoms with Gasteiger partial charge in [0.25, 0.3) is 23.6 Å². The highest BCUT2D eigenvalue weighted by Crippen LogP contribution is 2.42. The maximum atomic E-state index is 14.1. The number of ether oxygens (including phenoxy) is 3. The average molecular weight is 1080 g/mol. The lowest BCUT2D eigenvalue weighted by molar-refractivity contribution is -0.137. The van der Waals surface area contributed by atoms with E-state index in [2.05, 4.69) is 16.7 Å². The highest BCUT2D eigenvalue weighted by Gasteiger charge is 2.39. The third-order valence-electron chi connectivity index (χ3n) is 15.6. The van der Waals surface area contributed by atoms with Crippen LogP contribution in [0.1, 0.15) is 119 Å². The minimum atomic E-state index is -0.861. The second kappa shape index (κ2) is 23.7. The van der Waals surface area contributed by atoms with Gasteiger partial charge in [0.2, 0.25) is 11.8 Å². The van der Waals surface area contributed by atoms with E-state index in [0.29, 0.717) is 83.0 Å². The minimum absolute atomic E-state index is 0.0112. The molecule has 0 spiro atoms. The third-order valence-corrected chi connectivity index (χ3v) is 15.6. The summed E-state index contributed by atoms with van der Waals surface area (Å²) in [5.74, 6) is -1.56. The molecular formula is C63H64N6O11. The van der Waals surface area contributed by atoms with E-state index in [9.17, 15) is 38.4 Å². The second-order valence-electron chi connectivity index (χ2n) is 21.3. The van der Waals surface area contributed by atoms with E-state index in [1.807, 2.05) is 72.5 Å². The number of hydrogen-bond donors (Lipinski definition) is 2. The molecule has 10 rings (SSSR count). The van der Waals surface area contributed by atoms with Crippen LogP contribution in [0.3, 0.4) is 0 Å². The Hall–Kier alpha value is -8.73. The lowest BCUT2D eigenvalue weighted by Crippen LogP contribution is -2.39. The number of unbranched alkanes of at least 4 members (excludes halogenated alkanes) is 1. The van der Waals surface area contributed by atoms with Crippen LogP contribution in [-0.2, 0) is 61.2 Å². The summed E-state index contributed by atoms with van der Waals surface area (Å²) < 4.78 is 18.8. The molecule has 17 heteroatoms. The number of fused-ring (bicyclic) bond motifs is 8. The smallest absolute Gasteiger partial charge is 0.261 e. The maximum absolute atomic E-state index is 14.1. The zero-order valence-electron chi connectivity index (χ0n) is 45.4. The number of imide groups is 1. The number of amides is 6. The topological polar surface area (TPSA) is 210 Å². The first-order valence-electron chi connectivity index (χ1n) is 27.4. The molecule has 0 aromatic heterocycles. The summed E-state index contributed by atoms with van der Waals surface area (Å²) >= 11 is 0. The van der Waals surface area contributed by atoms with Crippen LogP contribution >= 0.6 is 0 Å². The van der Waals surface area contributed by atoms with Crippen molar-refractivity contribution in [3.05, 3.63) is 148 Å². The number of ketones is 2. The first-order valence-corrected chi connectivity index (χ1v) is 27.4. The molecule has 0 aliphatic carbocycles. The van der Waals surface area contributed by atoms with Crippen molar-refractivity contribution in [2.75, 3.05) is 28.8 Å². The lowest BCUT2D eigenvalue weighted by atomic mass is 9.98. The van der Waals surface area contributed by atoms with Crippen LogP contribution in [0.2, 0.25) is 0 Å². The number of carbonyl (C=O) groups is 8. The summed E-state index contributed by atoms with van der Waals surface area (Å²) in [5.41, 5.74) is 9.07. The largest absolute Gasteiger partial charge is 0.493 e. The van der Waals surface area contributed by atoms with E-state index in [0.717, 1.165) is 45.8 Å². The molecule has 0 saturated carbocycles. The highest BCUT2D eigenvalue weighted by molar-refractivity contribution is 6.15. The van der Waals surface area contributed by atoms with Gasteiger partial charge in [0, 0.05) is 97.7 Å². The number of aliphatic imine (C=N–C) groups is 1. The maximum Gasteiger partial charge on any atom is 0.261 e. The molecule has 0 bridgehead atoms. The summed E-state index contributed by atoms with van der Waals surface area (Å²) in [6.45, 7) is 5.42. The monoisotopic (exact) mass is 1080 g/mol. The standard InChI is InChI=1S/C63H64N6O11/c1-37-24-49-42(19-20-46-29-43-12-5-8-16-52(43)68(46)62(49)76)31-55(37)79-35-40-26-41(36-80-57-33-51-50(32-56(57)78-4)63(77)69-47(34-64-51)30-44-13-6-9-17-53(44)69)28-45(27-40)66-61(75)38(2)25-54(71)39(3)65-58(72)18-10-7-14-48(70)15-11-23-67-59(73)21-22-60(67)74/h5-6,8-9,12-13,16-17,21-22,24,26-28,31-34,38-39,46-47H,7,10-11,14-15,18-20,23,25,29-30,35-36H2,1-4H3,(H,65,72)(H,66,75)/t38-,39+,46-,47+/m1/s1. The molecule has 17 nitrogen and oxygen atoms in total. The molecule has 0 saturated heterocycles. The Morgan fingerprint density at radius 3 is 2.08 bits per heavy atom. The number of carbonyl (C=O) groups excluding carboxylic acids is 8. The van der Waals surface area contributed by atoms with Gasteiger partial charge in [0.15, 0.2) is 17.3 Å². The molecule has 0 radical (unpaired) electrons. The number of Topliss-reactive ketones (excluding diaryl/α,β-unsaturated/α-hetero) is 2. The van der Waals surface area contributed by atoms with Gasteiger partial charge in [-0.15, -0.1) is 0 Å². The zero-order valence-corrected chi connectivity index (χ0v) is 45.4. The Bertz CT molecular complexity index is 3380. The molecule has 5 aromatic carbocycles. The van der Waals surface area contributed by atoms with E-state index >= 15 is 0 Å². The van der Waals surface area contributed by atoms with Crippen molar-refractivity contribution in [3.8, 4) is 17.2 Å². The summed E-state index contributed by atoms with van der Waals surface area (Å²) in [7, 11) is 1.51. The Morgan fingerprint density at radius 2 is 1.35 bits per heavy atom. The van der Waals surface area contributed by atoms with Crippen LogP contribution in [0.4, 0.5) is 22.7 Å². The minimum Gasteiger partial charge on any atom is -0.493 e. The molecule has 5 aliphatic heterocycles. The van der Waals surface area contributed by atoms with E-state index in [1.54, 1.807) is 49.2 Å². The van der Waals surface area contributed by atoms with Gasteiger partial charge in [0.1, 0.15) is 24.7 Å². The molecule has 2 N–H and O–H groups in total. The highest BCUT2D eigenvalue weighted by atomic mass is 16.5. The van der Waals surface area contributed by atoms with Gasteiger partial charge in [-0.3, -0.25) is 53.1 Å². The Labute approximate surface area is 464 Å². The van der Waals surface area contributed by atoms with E-state index in [4.69, 9.17) is 19.2 Å². The van der Waals surface area contributed by atoms with E-state index < -0.39 is 17.9 Å². The number of benzene rings is 5. The van der Waals surface area contributed by atoms with Crippen LogP contribution in [0, 0.1) is 12.8 Å². The normalized spacial score (nSPS) is 17.3. The van der Waals surface area contributed by atoms with Crippen molar-refractivity contribution >= 4 is 76.0 Å². The molecule has 5 aliphatic rings. The number of aryl methyl sites for hydroxylation is 2. The second-order valence-corrected chi connectivity index (χ2v) is 21.3. The molecule has 412 valence electrons. The third kappa shape index (κ3) is 11.8. The number of methoxy groups -OCH3 is 1. The van der Waals surface area contributed by atoms with Crippen LogP contribution < -0.4 is 34.6 Å². The summed E-state index contributed by atoms with van der Waals surface area (Å²) in [6.07, 6.45) is 8.89. The average Bonchev–Trinajstić information content (AvgIpc) is 4.18. The Kier molecular flexibility index (Phi) is 16.2. The van der Waals surface area contributed by atoms with Gasteiger partial charge >= 0.3 is 0 Å². The fourth-order valence-corrected chi connectivity index (χ4v) is 11.3. The Morgan fingerprint density at radius 1 is 0.700 bits per heavy atom. The van der Waals surface area contributed by atoms with Crippen molar-refractivity contribution in [1.29, 1.82) is 0 Å². The molecule has 4 atom stereocenters. The Balaban J connectivity index is 0.795. The SMILES string of the molecule is COc1cc2c(cc1OCc1cc(COc3cc4c(cc3C)C(=O)N3c5ccccc5C[C@H]3CC4)cc(NC(=O)[C@H](C)CC(=O)[C@H](C)NC(=O)CCCCC(=O)CCCN3C(=O)C=CC3=O)c1)N=C[C@@H]1Cc3ccccc3N1C2=O. The number of nitrogens with zero attached hydrogens (tertiary/aromatic N) is 4. The first kappa shape index (κ1) is 54.6. The summed E-state index contributed by atoms with van der Waals surface area (Å²) in [5, 5.41) is 5.71. The summed E-state index contributed by atoms with van der Waals surface area (Å²) in [4.78, 5) is 114. The van der Waals surface area contributed by atoms with Gasteiger partial charge in [-0.05, 0) is 134 Å². The van der Waals surface area contributed by atoms with Crippen molar-refractivity contribution in [2.24, 2.45) is 10.9 Å². The fraction of sp³-hybridized carbons (Fsp3) is 0.349. The van der Waals surface area contributed by atoms with Crippen molar-refractivity contribution in [3.63, 3.8) is 0 Å². The molecule has 6 amide bonds. The first-order chi connectivity index (χ1) is 38.6. The van der Waals surface area contributed by atoms with Crippen LogP contribution in [0.15, 0.2) is 108 Å². The van der Waals surface area contributed by atoms with Gasteiger partial charge in [-0.25, -0.2) is 0 Å². The molecule has 5 aromatic rings. The summed E-state index contributed by atoms with van der Waals surface area (Å²) in [6, 6.07) is 27.6. The van der Waals surface area contributed by atoms with Crippen LogP contribution in [-0.4, -0.2) is 89.9 Å². The quantitative estimate of drug-likeness (QED) is 0.0494. The van der Waals surface area contributed by atoms with Gasteiger partial charge in [0.05, 0.1) is 30.4 Å². The molecule has 0 fully saturated rings. The number of anilines is 3. The van der Waals surface area contributed by atoms with Crippen molar-refractivity contribution in [2.45, 2.75) is 123 Å². The number of rotatable bonds is 22. The van der Waals surface area contributed by atoms with Crippen LogP contribution in [0.5, 0.6) is 17.2 Å². The predicted molar refractivity (Wildman–Crippen MR) is 301 cm³/mol. The van der Waals surface area contributed by atoms with E-state index in [-0.39, 0.29) is 98.6 Å². The predicted octanol–water partition coefficient (Wildman–Crippen LogP) is 8.84. The molecular weight excluding hydrogens is 1020 g/mol.